The van der Waals surface area contributed by atoms with E-state index in [4.69, 9.17) is 11.6 Å². The second-order valence-corrected chi connectivity index (χ2v) is 8.51. The SMILES string of the molecule is O=C(NCc1ccc(F)cc1)c1nnsc1S(=O)(=O)c1ccc(Cl)cc1. The Morgan fingerprint density at radius 3 is 2.42 bits per heavy atom. The second-order valence-electron chi connectivity index (χ2n) is 5.18. The predicted molar refractivity (Wildman–Crippen MR) is 94.4 cm³/mol. The molecule has 1 aromatic heterocycles. The van der Waals surface area contributed by atoms with Gasteiger partial charge >= 0.3 is 0 Å². The number of sulfone groups is 1. The van der Waals surface area contributed by atoms with Crippen molar-refractivity contribution in [1.29, 1.82) is 0 Å². The lowest BCUT2D eigenvalue weighted by Crippen LogP contribution is -2.24. The minimum Gasteiger partial charge on any atom is -0.346 e. The topological polar surface area (TPSA) is 89.0 Å². The maximum Gasteiger partial charge on any atom is 0.274 e. The molecule has 0 fully saturated rings. The van der Waals surface area contributed by atoms with Crippen molar-refractivity contribution in [3.05, 3.63) is 70.6 Å². The van der Waals surface area contributed by atoms with Crippen LogP contribution in [0.3, 0.4) is 0 Å². The predicted octanol–water partition coefficient (Wildman–Crippen LogP) is 3.09. The second kappa shape index (κ2) is 7.48. The molecule has 134 valence electrons. The van der Waals surface area contributed by atoms with Crippen LogP contribution in [-0.4, -0.2) is 23.9 Å². The molecular formula is C16H11ClFN3O3S2. The number of benzene rings is 2. The van der Waals surface area contributed by atoms with Crippen LogP contribution in [0, 0.1) is 5.82 Å². The molecule has 1 N–H and O–H groups in total. The van der Waals surface area contributed by atoms with Crippen molar-refractivity contribution in [3.63, 3.8) is 0 Å². The molecule has 2 aromatic carbocycles. The first-order valence-corrected chi connectivity index (χ1v) is 9.87. The van der Waals surface area contributed by atoms with Gasteiger partial charge in [0.2, 0.25) is 9.84 Å². The lowest BCUT2D eigenvalue weighted by atomic mass is 10.2. The maximum absolute atomic E-state index is 12.9. The van der Waals surface area contributed by atoms with Gasteiger partial charge in [0.05, 0.1) is 4.90 Å². The molecule has 0 aliphatic heterocycles. The van der Waals surface area contributed by atoms with E-state index in [1.165, 1.54) is 48.5 Å². The summed E-state index contributed by atoms with van der Waals surface area (Å²) in [5, 5.41) is 6.59. The lowest BCUT2D eigenvalue weighted by Gasteiger charge is -2.06. The fourth-order valence-electron chi connectivity index (χ4n) is 2.09. The van der Waals surface area contributed by atoms with Gasteiger partial charge in [-0.1, -0.05) is 28.2 Å². The van der Waals surface area contributed by atoms with E-state index in [0.717, 1.165) is 0 Å². The molecule has 0 saturated heterocycles. The number of halogens is 2. The van der Waals surface area contributed by atoms with E-state index in [2.05, 4.69) is 14.9 Å². The van der Waals surface area contributed by atoms with Gasteiger partial charge in [-0.15, -0.1) is 5.10 Å². The molecular weight excluding hydrogens is 401 g/mol. The zero-order chi connectivity index (χ0) is 18.7. The van der Waals surface area contributed by atoms with Crippen LogP contribution in [0.15, 0.2) is 57.6 Å². The first-order valence-electron chi connectivity index (χ1n) is 7.23. The van der Waals surface area contributed by atoms with Gasteiger partial charge in [-0.2, -0.15) is 0 Å². The van der Waals surface area contributed by atoms with E-state index in [-0.39, 0.29) is 27.2 Å². The largest absolute Gasteiger partial charge is 0.346 e. The number of nitrogens with zero attached hydrogens (tertiary/aromatic N) is 2. The highest BCUT2D eigenvalue weighted by Crippen LogP contribution is 2.27. The minimum atomic E-state index is -3.95. The van der Waals surface area contributed by atoms with Gasteiger partial charge in [-0.05, 0) is 42.0 Å². The standard InChI is InChI=1S/C16H11ClFN3O3S2/c17-11-3-7-13(8-4-11)26(23,24)16-14(20-21-25-16)15(22)19-9-10-1-5-12(18)6-2-10/h1-8H,9H2,(H,19,22). The Labute approximate surface area is 157 Å². The molecule has 10 heteroatoms. The molecule has 0 radical (unpaired) electrons. The number of nitrogens with one attached hydrogen (secondary N) is 1. The summed E-state index contributed by atoms with van der Waals surface area (Å²) in [7, 11) is -3.95. The summed E-state index contributed by atoms with van der Waals surface area (Å²) in [5.41, 5.74) is 0.372. The van der Waals surface area contributed by atoms with Gasteiger partial charge in [0.15, 0.2) is 9.90 Å². The number of aromatic nitrogens is 2. The van der Waals surface area contributed by atoms with Crippen molar-refractivity contribution in [2.24, 2.45) is 0 Å². The summed E-state index contributed by atoms with van der Waals surface area (Å²) in [6.07, 6.45) is 0. The van der Waals surface area contributed by atoms with Gasteiger partial charge in [0.1, 0.15) is 5.82 Å². The summed E-state index contributed by atoms with van der Waals surface area (Å²) in [5.74, 6) is -1.07. The quantitative estimate of drug-likeness (QED) is 0.696. The maximum atomic E-state index is 12.9. The number of hydrogen-bond donors (Lipinski definition) is 1. The van der Waals surface area contributed by atoms with Crippen molar-refractivity contribution >= 4 is 38.9 Å². The zero-order valence-electron chi connectivity index (χ0n) is 13.0. The van der Waals surface area contributed by atoms with Crippen molar-refractivity contribution in [2.45, 2.75) is 15.6 Å². The highest BCUT2D eigenvalue weighted by Gasteiger charge is 2.28. The fraction of sp³-hybridized carbons (Fsp3) is 0.0625. The average Bonchev–Trinajstić information content (AvgIpc) is 3.12. The van der Waals surface area contributed by atoms with Gasteiger partial charge in [0, 0.05) is 23.1 Å². The monoisotopic (exact) mass is 411 g/mol. The normalized spacial score (nSPS) is 11.3. The molecule has 1 amide bonds. The Morgan fingerprint density at radius 1 is 1.12 bits per heavy atom. The van der Waals surface area contributed by atoms with E-state index in [0.29, 0.717) is 22.1 Å². The Bertz CT molecular complexity index is 1040. The zero-order valence-corrected chi connectivity index (χ0v) is 15.4. The third kappa shape index (κ3) is 3.90. The van der Waals surface area contributed by atoms with E-state index >= 15 is 0 Å². The lowest BCUT2D eigenvalue weighted by molar-refractivity contribution is 0.0942. The van der Waals surface area contributed by atoms with Crippen LogP contribution in [-0.2, 0) is 16.4 Å². The van der Waals surface area contributed by atoms with E-state index in [1.54, 1.807) is 0 Å². The Morgan fingerprint density at radius 2 is 1.77 bits per heavy atom. The van der Waals surface area contributed by atoms with Crippen molar-refractivity contribution in [2.75, 3.05) is 0 Å². The van der Waals surface area contributed by atoms with Crippen LogP contribution in [0.4, 0.5) is 4.39 Å². The number of rotatable bonds is 5. The van der Waals surface area contributed by atoms with Crippen LogP contribution < -0.4 is 5.32 Å². The van der Waals surface area contributed by atoms with Crippen LogP contribution in [0.25, 0.3) is 0 Å². The first kappa shape index (κ1) is 18.4. The fourth-order valence-corrected chi connectivity index (χ4v) is 4.51. The van der Waals surface area contributed by atoms with Crippen LogP contribution in [0.2, 0.25) is 5.02 Å². The third-order valence-corrected chi connectivity index (χ3v) is 6.64. The number of hydrogen-bond acceptors (Lipinski definition) is 6. The number of amides is 1. The smallest absolute Gasteiger partial charge is 0.274 e. The van der Waals surface area contributed by atoms with E-state index in [1.807, 2.05) is 0 Å². The van der Waals surface area contributed by atoms with Crippen LogP contribution in [0.5, 0.6) is 0 Å². The average molecular weight is 412 g/mol. The number of carbonyl (C=O) groups excluding carboxylic acids is 1. The molecule has 3 aromatic rings. The molecule has 0 aliphatic rings. The summed E-state index contributed by atoms with van der Waals surface area (Å²) in [6.45, 7) is 0.0943. The highest BCUT2D eigenvalue weighted by molar-refractivity contribution is 7.93. The molecule has 0 bridgehead atoms. The van der Waals surface area contributed by atoms with Crippen molar-refractivity contribution < 1.29 is 17.6 Å². The molecule has 1 heterocycles. The first-order chi connectivity index (χ1) is 12.4. The van der Waals surface area contributed by atoms with Gasteiger partial charge < -0.3 is 5.32 Å². The molecule has 6 nitrogen and oxygen atoms in total. The van der Waals surface area contributed by atoms with E-state index in [9.17, 15) is 17.6 Å². The Kier molecular flexibility index (Phi) is 5.30. The van der Waals surface area contributed by atoms with Crippen molar-refractivity contribution in [3.8, 4) is 0 Å². The minimum absolute atomic E-state index is 0.0134. The van der Waals surface area contributed by atoms with E-state index < -0.39 is 15.7 Å². The van der Waals surface area contributed by atoms with Gasteiger partial charge in [-0.3, -0.25) is 4.79 Å². The van der Waals surface area contributed by atoms with Crippen molar-refractivity contribution in [1.82, 2.24) is 14.9 Å². The molecule has 0 saturated carbocycles. The Balaban J connectivity index is 1.82. The molecule has 0 aliphatic carbocycles. The molecule has 0 atom stereocenters. The summed E-state index contributed by atoms with van der Waals surface area (Å²) >= 11 is 6.39. The molecule has 0 spiro atoms. The molecule has 26 heavy (non-hydrogen) atoms. The van der Waals surface area contributed by atoms with Gasteiger partial charge in [-0.25, -0.2) is 12.8 Å². The molecule has 0 unspecified atom stereocenters. The summed E-state index contributed by atoms with van der Waals surface area (Å²) < 4.78 is 41.7. The van der Waals surface area contributed by atoms with Crippen LogP contribution in [0.1, 0.15) is 16.1 Å². The van der Waals surface area contributed by atoms with Gasteiger partial charge in [0.25, 0.3) is 5.91 Å². The summed E-state index contributed by atoms with van der Waals surface area (Å²) in [4.78, 5) is 12.3. The number of carbonyl (C=O) groups is 1. The highest BCUT2D eigenvalue weighted by atomic mass is 35.5. The van der Waals surface area contributed by atoms with Crippen LogP contribution >= 0.6 is 23.1 Å². The molecule has 3 rings (SSSR count). The third-order valence-electron chi connectivity index (χ3n) is 3.41. The summed E-state index contributed by atoms with van der Waals surface area (Å²) in [6, 6.07) is 11.1. The Hall–Kier alpha value is -2.36.